The Hall–Kier alpha value is -1.45. The molecular formula is C16H23N3O. The SMILES string of the molecule is Nc1ccc(NC2CC3CCC2C3)nc1OCC1CC1. The van der Waals surface area contributed by atoms with Crippen LogP contribution in [0.4, 0.5) is 11.5 Å². The van der Waals surface area contributed by atoms with Crippen LogP contribution in [0.25, 0.3) is 0 Å². The zero-order valence-electron chi connectivity index (χ0n) is 11.8. The highest BCUT2D eigenvalue weighted by Crippen LogP contribution is 2.45. The highest BCUT2D eigenvalue weighted by molar-refractivity contribution is 5.54. The minimum absolute atomic E-state index is 0.598. The molecule has 20 heavy (non-hydrogen) atoms. The van der Waals surface area contributed by atoms with Gasteiger partial charge in [-0.25, -0.2) is 0 Å². The van der Waals surface area contributed by atoms with Crippen molar-refractivity contribution in [2.24, 2.45) is 17.8 Å². The minimum Gasteiger partial charge on any atom is -0.476 e. The lowest BCUT2D eigenvalue weighted by molar-refractivity contribution is 0.290. The van der Waals surface area contributed by atoms with E-state index in [0.29, 0.717) is 17.6 Å². The zero-order valence-corrected chi connectivity index (χ0v) is 11.8. The van der Waals surface area contributed by atoms with Crippen molar-refractivity contribution < 1.29 is 4.74 Å². The van der Waals surface area contributed by atoms with Crippen molar-refractivity contribution in [3.05, 3.63) is 12.1 Å². The van der Waals surface area contributed by atoms with Gasteiger partial charge in [0.2, 0.25) is 5.88 Å². The molecule has 3 aliphatic rings. The molecule has 2 bridgehead atoms. The summed E-state index contributed by atoms with van der Waals surface area (Å²) in [6.07, 6.45) is 8.06. The third-order valence-electron chi connectivity index (χ3n) is 5.11. The molecule has 3 aliphatic carbocycles. The lowest BCUT2D eigenvalue weighted by Gasteiger charge is -2.23. The Kier molecular flexibility index (Phi) is 2.97. The van der Waals surface area contributed by atoms with Crippen LogP contribution >= 0.6 is 0 Å². The highest BCUT2D eigenvalue weighted by Gasteiger charge is 2.39. The first-order valence-corrected chi connectivity index (χ1v) is 7.94. The van der Waals surface area contributed by atoms with Gasteiger partial charge in [-0.15, -0.1) is 0 Å². The number of nitrogens with two attached hydrogens (primary N) is 1. The Morgan fingerprint density at radius 2 is 2.10 bits per heavy atom. The van der Waals surface area contributed by atoms with Gasteiger partial charge in [0.1, 0.15) is 5.82 Å². The number of nitrogens with zero attached hydrogens (tertiary/aromatic N) is 1. The second-order valence-corrected chi connectivity index (χ2v) is 6.77. The van der Waals surface area contributed by atoms with Crippen LogP contribution in [-0.4, -0.2) is 17.6 Å². The summed E-state index contributed by atoms with van der Waals surface area (Å²) in [4.78, 5) is 4.56. The summed E-state index contributed by atoms with van der Waals surface area (Å²) in [5.41, 5.74) is 6.59. The van der Waals surface area contributed by atoms with Gasteiger partial charge in [0.15, 0.2) is 0 Å². The van der Waals surface area contributed by atoms with Gasteiger partial charge in [0, 0.05) is 6.04 Å². The molecule has 4 nitrogen and oxygen atoms in total. The molecule has 0 radical (unpaired) electrons. The molecule has 3 saturated carbocycles. The van der Waals surface area contributed by atoms with E-state index < -0.39 is 0 Å². The predicted octanol–water partition coefficient (Wildman–Crippen LogP) is 3.05. The molecule has 1 heterocycles. The van der Waals surface area contributed by atoms with E-state index in [1.54, 1.807) is 0 Å². The van der Waals surface area contributed by atoms with Crippen LogP contribution in [0.3, 0.4) is 0 Å². The third kappa shape index (κ3) is 2.43. The Labute approximate surface area is 120 Å². The van der Waals surface area contributed by atoms with Gasteiger partial charge >= 0.3 is 0 Å². The molecule has 0 aliphatic heterocycles. The number of fused-ring (bicyclic) bond motifs is 2. The third-order valence-corrected chi connectivity index (χ3v) is 5.11. The van der Waals surface area contributed by atoms with Gasteiger partial charge in [0.05, 0.1) is 12.3 Å². The van der Waals surface area contributed by atoms with E-state index in [1.807, 2.05) is 12.1 Å². The molecule has 0 saturated heterocycles. The van der Waals surface area contributed by atoms with Crippen molar-refractivity contribution in [1.29, 1.82) is 0 Å². The molecule has 3 atom stereocenters. The van der Waals surface area contributed by atoms with Gasteiger partial charge < -0.3 is 15.8 Å². The molecule has 3 unspecified atom stereocenters. The first kappa shape index (κ1) is 12.3. The lowest BCUT2D eigenvalue weighted by Crippen LogP contribution is -2.26. The smallest absolute Gasteiger partial charge is 0.239 e. The number of nitrogen functional groups attached to an aromatic ring is 1. The standard InChI is InChI=1S/C16H23N3O/c17-13-5-6-15(19-16(13)20-9-10-1-2-10)18-14-8-11-3-4-12(14)7-11/h5-6,10-12,14H,1-4,7-9,17H2,(H,18,19). The molecule has 0 spiro atoms. The summed E-state index contributed by atoms with van der Waals surface area (Å²) in [6, 6.07) is 4.48. The average Bonchev–Trinajstić information content (AvgIpc) is 3.05. The minimum atomic E-state index is 0.598. The van der Waals surface area contributed by atoms with Crippen molar-refractivity contribution in [1.82, 2.24) is 4.98 Å². The van der Waals surface area contributed by atoms with Crippen LogP contribution in [0.2, 0.25) is 0 Å². The van der Waals surface area contributed by atoms with E-state index in [-0.39, 0.29) is 0 Å². The van der Waals surface area contributed by atoms with Crippen LogP contribution in [0.15, 0.2) is 12.1 Å². The van der Waals surface area contributed by atoms with E-state index >= 15 is 0 Å². The number of pyridine rings is 1. The Morgan fingerprint density at radius 3 is 2.80 bits per heavy atom. The molecule has 3 N–H and O–H groups in total. The van der Waals surface area contributed by atoms with E-state index in [9.17, 15) is 0 Å². The van der Waals surface area contributed by atoms with E-state index in [0.717, 1.165) is 30.2 Å². The van der Waals surface area contributed by atoms with E-state index in [2.05, 4.69) is 10.3 Å². The fraction of sp³-hybridized carbons (Fsp3) is 0.688. The predicted molar refractivity (Wildman–Crippen MR) is 79.7 cm³/mol. The number of nitrogens with one attached hydrogen (secondary N) is 1. The summed E-state index contributed by atoms with van der Waals surface area (Å²) in [5, 5.41) is 3.60. The topological polar surface area (TPSA) is 60.2 Å². The molecule has 4 rings (SSSR count). The number of anilines is 2. The molecule has 0 amide bonds. The summed E-state index contributed by atoms with van der Waals surface area (Å²) in [5.74, 6) is 4.03. The number of hydrogen-bond donors (Lipinski definition) is 2. The molecule has 4 heteroatoms. The fourth-order valence-electron chi connectivity index (χ4n) is 3.74. The largest absolute Gasteiger partial charge is 0.476 e. The maximum atomic E-state index is 5.95. The Bertz CT molecular complexity index is 500. The number of aromatic nitrogens is 1. The molecular weight excluding hydrogens is 250 g/mol. The van der Waals surface area contributed by atoms with Gasteiger partial charge in [-0.05, 0) is 62.0 Å². The van der Waals surface area contributed by atoms with Gasteiger partial charge in [-0.3, -0.25) is 0 Å². The zero-order chi connectivity index (χ0) is 13.5. The fourth-order valence-corrected chi connectivity index (χ4v) is 3.74. The van der Waals surface area contributed by atoms with E-state index in [1.165, 1.54) is 38.5 Å². The molecule has 0 aromatic carbocycles. The quantitative estimate of drug-likeness (QED) is 0.865. The van der Waals surface area contributed by atoms with Gasteiger partial charge in [0.25, 0.3) is 0 Å². The van der Waals surface area contributed by atoms with Crippen LogP contribution in [0, 0.1) is 17.8 Å². The Morgan fingerprint density at radius 1 is 1.20 bits per heavy atom. The van der Waals surface area contributed by atoms with E-state index in [4.69, 9.17) is 10.5 Å². The van der Waals surface area contributed by atoms with Crippen molar-refractivity contribution in [2.45, 2.75) is 44.6 Å². The average molecular weight is 273 g/mol. The number of rotatable bonds is 5. The number of hydrogen-bond acceptors (Lipinski definition) is 4. The molecule has 3 fully saturated rings. The maximum absolute atomic E-state index is 5.95. The van der Waals surface area contributed by atoms with Gasteiger partial charge in [-0.2, -0.15) is 4.98 Å². The van der Waals surface area contributed by atoms with Crippen molar-refractivity contribution in [2.75, 3.05) is 17.7 Å². The van der Waals surface area contributed by atoms with Crippen LogP contribution in [0.1, 0.15) is 38.5 Å². The van der Waals surface area contributed by atoms with Crippen molar-refractivity contribution >= 4 is 11.5 Å². The number of ether oxygens (including phenoxy) is 1. The van der Waals surface area contributed by atoms with Crippen molar-refractivity contribution in [3.63, 3.8) is 0 Å². The van der Waals surface area contributed by atoms with Crippen LogP contribution < -0.4 is 15.8 Å². The summed E-state index contributed by atoms with van der Waals surface area (Å²) in [6.45, 7) is 0.759. The molecule has 1 aromatic heterocycles. The first-order valence-electron chi connectivity index (χ1n) is 7.94. The summed E-state index contributed by atoms with van der Waals surface area (Å²) >= 11 is 0. The summed E-state index contributed by atoms with van der Waals surface area (Å²) in [7, 11) is 0. The lowest BCUT2D eigenvalue weighted by atomic mass is 9.95. The second kappa shape index (κ2) is 4.83. The van der Waals surface area contributed by atoms with Crippen LogP contribution in [-0.2, 0) is 0 Å². The maximum Gasteiger partial charge on any atom is 0.239 e. The monoisotopic (exact) mass is 273 g/mol. The molecule has 108 valence electrons. The summed E-state index contributed by atoms with van der Waals surface area (Å²) < 4.78 is 5.75. The van der Waals surface area contributed by atoms with Gasteiger partial charge in [-0.1, -0.05) is 6.42 Å². The Balaban J connectivity index is 1.43. The van der Waals surface area contributed by atoms with Crippen molar-refractivity contribution in [3.8, 4) is 5.88 Å². The highest BCUT2D eigenvalue weighted by atomic mass is 16.5. The normalized spacial score (nSPS) is 31.5. The van der Waals surface area contributed by atoms with Crippen LogP contribution in [0.5, 0.6) is 5.88 Å². The first-order chi connectivity index (χ1) is 9.78. The second-order valence-electron chi connectivity index (χ2n) is 6.77. The molecule has 1 aromatic rings.